The van der Waals surface area contributed by atoms with Crippen LogP contribution in [0.4, 0.5) is 11.6 Å². The number of amides is 1. The lowest BCUT2D eigenvalue weighted by Crippen LogP contribution is -2.12. The number of carbonyl (C=O) groups is 1. The van der Waals surface area contributed by atoms with E-state index in [2.05, 4.69) is 15.3 Å². The van der Waals surface area contributed by atoms with Crippen LogP contribution in [0.25, 0.3) is 11.3 Å². The number of nitrogens with one attached hydrogen (secondary N) is 2. The van der Waals surface area contributed by atoms with Crippen LogP contribution in [-0.2, 0) is 0 Å². The number of H-pyrrole nitrogens is 1. The van der Waals surface area contributed by atoms with Gasteiger partial charge in [0.1, 0.15) is 0 Å². The topological polar surface area (TPSA) is 83.8 Å². The van der Waals surface area contributed by atoms with Crippen molar-refractivity contribution in [1.29, 1.82) is 0 Å². The number of nitrogen functional groups attached to an aromatic ring is 1. The minimum atomic E-state index is -0.301. The number of rotatable bonds is 3. The fourth-order valence-corrected chi connectivity index (χ4v) is 2.58. The minimum Gasteiger partial charge on any atom is -0.369 e. The number of hydrogen-bond donors (Lipinski definition) is 3. The number of nitrogens with two attached hydrogens (primary N) is 1. The average molecular weight is 347 g/mol. The zero-order chi connectivity index (χ0) is 16.4. The van der Waals surface area contributed by atoms with Crippen molar-refractivity contribution < 1.29 is 4.79 Å². The Labute approximate surface area is 142 Å². The van der Waals surface area contributed by atoms with E-state index in [1.54, 1.807) is 30.5 Å². The predicted molar refractivity (Wildman–Crippen MR) is 92.9 cm³/mol. The molecule has 0 saturated carbocycles. The van der Waals surface area contributed by atoms with E-state index in [0.29, 0.717) is 27.2 Å². The van der Waals surface area contributed by atoms with Crippen molar-refractivity contribution in [3.63, 3.8) is 0 Å². The molecular weight excluding hydrogens is 335 g/mol. The van der Waals surface area contributed by atoms with Crippen LogP contribution in [0.1, 0.15) is 10.4 Å². The second kappa shape index (κ2) is 6.32. The number of aromatic nitrogens is 2. The molecule has 116 valence electrons. The van der Waals surface area contributed by atoms with Gasteiger partial charge in [0.25, 0.3) is 5.91 Å². The first-order valence-electron chi connectivity index (χ1n) is 6.70. The van der Waals surface area contributed by atoms with E-state index in [0.717, 1.165) is 11.3 Å². The Balaban J connectivity index is 1.76. The molecule has 3 rings (SSSR count). The Morgan fingerprint density at radius 3 is 2.48 bits per heavy atom. The van der Waals surface area contributed by atoms with Crippen LogP contribution < -0.4 is 11.1 Å². The van der Waals surface area contributed by atoms with E-state index in [1.165, 1.54) is 6.07 Å². The lowest BCUT2D eigenvalue weighted by molar-refractivity contribution is 0.102. The summed E-state index contributed by atoms with van der Waals surface area (Å²) in [5.41, 5.74) is 8.29. The highest BCUT2D eigenvalue weighted by atomic mass is 35.5. The second-order valence-corrected chi connectivity index (χ2v) is 5.68. The Hall–Kier alpha value is -2.50. The van der Waals surface area contributed by atoms with Crippen molar-refractivity contribution in [2.24, 2.45) is 0 Å². The number of hydrogen-bond acceptors (Lipinski definition) is 3. The van der Waals surface area contributed by atoms with Gasteiger partial charge in [0.15, 0.2) is 5.95 Å². The third kappa shape index (κ3) is 3.47. The van der Waals surface area contributed by atoms with Crippen LogP contribution in [0.15, 0.2) is 48.7 Å². The summed E-state index contributed by atoms with van der Waals surface area (Å²) in [7, 11) is 0. The van der Waals surface area contributed by atoms with Crippen molar-refractivity contribution >= 4 is 40.7 Å². The highest BCUT2D eigenvalue weighted by molar-refractivity contribution is 6.37. The molecule has 0 radical (unpaired) electrons. The third-order valence-electron chi connectivity index (χ3n) is 3.23. The second-order valence-electron chi connectivity index (χ2n) is 4.84. The zero-order valence-electron chi connectivity index (χ0n) is 11.8. The number of halogens is 2. The van der Waals surface area contributed by atoms with Crippen molar-refractivity contribution in [2.75, 3.05) is 11.1 Å². The average Bonchev–Trinajstić information content (AvgIpc) is 2.94. The SMILES string of the molecule is Nc1ncc(-c2ccc(NC(=O)c3ccc(Cl)cc3Cl)cc2)[nH]1. The summed E-state index contributed by atoms with van der Waals surface area (Å²) in [5.74, 6) is 0.0555. The van der Waals surface area contributed by atoms with Crippen LogP contribution in [0.3, 0.4) is 0 Å². The summed E-state index contributed by atoms with van der Waals surface area (Å²) in [5, 5.41) is 3.57. The van der Waals surface area contributed by atoms with Crippen molar-refractivity contribution in [1.82, 2.24) is 9.97 Å². The highest BCUT2D eigenvalue weighted by Crippen LogP contribution is 2.23. The molecule has 0 unspecified atom stereocenters. The van der Waals surface area contributed by atoms with Gasteiger partial charge in [-0.3, -0.25) is 4.79 Å². The lowest BCUT2D eigenvalue weighted by atomic mass is 10.1. The number of benzene rings is 2. The van der Waals surface area contributed by atoms with Gasteiger partial charge in [-0.15, -0.1) is 0 Å². The maximum atomic E-state index is 12.2. The maximum Gasteiger partial charge on any atom is 0.257 e. The van der Waals surface area contributed by atoms with Gasteiger partial charge in [0, 0.05) is 10.7 Å². The molecule has 0 saturated heterocycles. The van der Waals surface area contributed by atoms with Crippen molar-refractivity contribution in [3.8, 4) is 11.3 Å². The third-order valence-corrected chi connectivity index (χ3v) is 3.77. The van der Waals surface area contributed by atoms with E-state index in [4.69, 9.17) is 28.9 Å². The van der Waals surface area contributed by atoms with Crippen LogP contribution in [0.5, 0.6) is 0 Å². The van der Waals surface area contributed by atoms with Gasteiger partial charge in [-0.1, -0.05) is 35.3 Å². The molecule has 4 N–H and O–H groups in total. The van der Waals surface area contributed by atoms with Gasteiger partial charge in [-0.05, 0) is 35.9 Å². The van der Waals surface area contributed by atoms with E-state index in [1.807, 2.05) is 12.1 Å². The first-order valence-corrected chi connectivity index (χ1v) is 7.46. The molecule has 1 heterocycles. The van der Waals surface area contributed by atoms with Gasteiger partial charge in [-0.25, -0.2) is 4.98 Å². The van der Waals surface area contributed by atoms with E-state index in [9.17, 15) is 4.79 Å². The summed E-state index contributed by atoms with van der Waals surface area (Å²) in [6.45, 7) is 0. The Morgan fingerprint density at radius 1 is 1.13 bits per heavy atom. The number of nitrogens with zero attached hydrogens (tertiary/aromatic N) is 1. The summed E-state index contributed by atoms with van der Waals surface area (Å²) < 4.78 is 0. The molecule has 0 aliphatic rings. The standard InChI is InChI=1S/C16H12Cl2N4O/c17-10-3-6-12(13(18)7-10)15(23)21-11-4-1-9(2-5-11)14-8-20-16(19)22-14/h1-8H,(H,21,23)(H3,19,20,22). The Morgan fingerprint density at radius 2 is 1.87 bits per heavy atom. The molecule has 2 aromatic carbocycles. The molecule has 1 aromatic heterocycles. The predicted octanol–water partition coefficient (Wildman–Crippen LogP) is 4.22. The molecule has 0 aliphatic heterocycles. The molecule has 0 spiro atoms. The molecule has 0 atom stereocenters. The molecule has 3 aromatic rings. The quantitative estimate of drug-likeness (QED) is 0.663. The first kappa shape index (κ1) is 15.4. The van der Waals surface area contributed by atoms with E-state index in [-0.39, 0.29) is 5.91 Å². The molecule has 0 fully saturated rings. The van der Waals surface area contributed by atoms with Gasteiger partial charge in [-0.2, -0.15) is 0 Å². The lowest BCUT2D eigenvalue weighted by Gasteiger charge is -2.08. The number of anilines is 2. The molecule has 5 nitrogen and oxygen atoms in total. The van der Waals surface area contributed by atoms with Crippen LogP contribution in [0, 0.1) is 0 Å². The van der Waals surface area contributed by atoms with Crippen LogP contribution >= 0.6 is 23.2 Å². The summed E-state index contributed by atoms with van der Waals surface area (Å²) in [6, 6.07) is 12.0. The van der Waals surface area contributed by atoms with E-state index < -0.39 is 0 Å². The summed E-state index contributed by atoms with van der Waals surface area (Å²) in [4.78, 5) is 19.1. The summed E-state index contributed by atoms with van der Waals surface area (Å²) >= 11 is 11.9. The smallest absolute Gasteiger partial charge is 0.257 e. The molecule has 7 heteroatoms. The van der Waals surface area contributed by atoms with Gasteiger partial charge >= 0.3 is 0 Å². The van der Waals surface area contributed by atoms with Crippen LogP contribution in [0.2, 0.25) is 10.0 Å². The molecule has 23 heavy (non-hydrogen) atoms. The zero-order valence-corrected chi connectivity index (χ0v) is 13.3. The molecular formula is C16H12Cl2N4O. The number of carbonyl (C=O) groups excluding carboxylic acids is 1. The van der Waals surface area contributed by atoms with E-state index >= 15 is 0 Å². The minimum absolute atomic E-state index is 0.301. The number of imidazole rings is 1. The maximum absolute atomic E-state index is 12.2. The molecule has 0 aliphatic carbocycles. The van der Waals surface area contributed by atoms with Crippen molar-refractivity contribution in [3.05, 3.63) is 64.3 Å². The van der Waals surface area contributed by atoms with Gasteiger partial charge < -0.3 is 16.0 Å². The number of aromatic amines is 1. The van der Waals surface area contributed by atoms with Gasteiger partial charge in [0.05, 0.1) is 22.5 Å². The van der Waals surface area contributed by atoms with Crippen LogP contribution in [-0.4, -0.2) is 15.9 Å². The summed E-state index contributed by atoms with van der Waals surface area (Å²) in [6.07, 6.45) is 1.65. The fraction of sp³-hybridized carbons (Fsp3) is 0. The molecule has 0 bridgehead atoms. The molecule has 1 amide bonds. The Kier molecular flexibility index (Phi) is 4.23. The first-order chi connectivity index (χ1) is 11.0. The highest BCUT2D eigenvalue weighted by Gasteiger charge is 2.11. The normalized spacial score (nSPS) is 10.5. The Bertz CT molecular complexity index is 859. The monoisotopic (exact) mass is 346 g/mol. The fourth-order valence-electron chi connectivity index (χ4n) is 2.09. The largest absolute Gasteiger partial charge is 0.369 e. The van der Waals surface area contributed by atoms with Crippen molar-refractivity contribution in [2.45, 2.75) is 0 Å². The van der Waals surface area contributed by atoms with Gasteiger partial charge in [0.2, 0.25) is 0 Å².